The van der Waals surface area contributed by atoms with Gasteiger partial charge in [-0.3, -0.25) is 4.79 Å². The summed E-state index contributed by atoms with van der Waals surface area (Å²) in [5, 5.41) is 4.06. The van der Waals surface area contributed by atoms with Gasteiger partial charge in [-0.05, 0) is 48.0 Å². The number of rotatable bonds is 7. The summed E-state index contributed by atoms with van der Waals surface area (Å²) in [6.45, 7) is 1.35. The van der Waals surface area contributed by atoms with Crippen molar-refractivity contribution in [1.29, 1.82) is 0 Å². The van der Waals surface area contributed by atoms with Gasteiger partial charge in [0.25, 0.3) is 0 Å². The van der Waals surface area contributed by atoms with E-state index in [1.807, 2.05) is 24.3 Å². The Balaban J connectivity index is 1.28. The fraction of sp³-hybridized carbons (Fsp3) is 0.261. The van der Waals surface area contributed by atoms with Crippen molar-refractivity contribution in [2.75, 3.05) is 26.3 Å². The highest BCUT2D eigenvalue weighted by Crippen LogP contribution is 2.24. The lowest BCUT2D eigenvalue weighted by Crippen LogP contribution is -2.47. The van der Waals surface area contributed by atoms with Gasteiger partial charge in [0.1, 0.15) is 36.9 Å². The van der Waals surface area contributed by atoms with Crippen LogP contribution in [0, 0.1) is 0 Å². The van der Waals surface area contributed by atoms with E-state index in [4.69, 9.17) is 9.47 Å². The predicted octanol–water partition coefficient (Wildman–Crippen LogP) is 3.49. The van der Waals surface area contributed by atoms with Crippen LogP contribution < -0.4 is 9.47 Å². The molecule has 0 bridgehead atoms. The van der Waals surface area contributed by atoms with Crippen molar-refractivity contribution >= 4 is 12.0 Å². The van der Waals surface area contributed by atoms with Crippen LogP contribution in [0.4, 0.5) is 13.2 Å². The molecule has 178 valence electrons. The lowest BCUT2D eigenvalue weighted by molar-refractivity contribution is -0.274. The summed E-state index contributed by atoms with van der Waals surface area (Å²) >= 11 is 0. The first-order valence-electron chi connectivity index (χ1n) is 10.4. The molecule has 1 fully saturated rings. The Bertz CT molecular complexity index is 1120. The van der Waals surface area contributed by atoms with Crippen molar-refractivity contribution in [3.05, 3.63) is 72.8 Å². The second kappa shape index (κ2) is 10.4. The molecule has 1 aromatic heterocycles. The molecule has 1 atom stereocenters. The quantitative estimate of drug-likeness (QED) is 0.488. The Morgan fingerprint density at radius 2 is 2.00 bits per heavy atom. The van der Waals surface area contributed by atoms with E-state index in [0.29, 0.717) is 31.0 Å². The topological polar surface area (TPSA) is 78.7 Å². The van der Waals surface area contributed by atoms with Gasteiger partial charge < -0.3 is 19.1 Å². The first-order valence-corrected chi connectivity index (χ1v) is 10.4. The maximum absolute atomic E-state index is 12.6. The molecule has 0 N–H and O–H groups in total. The van der Waals surface area contributed by atoms with Crippen molar-refractivity contribution < 1.29 is 32.2 Å². The number of carbonyl (C=O) groups is 1. The Labute approximate surface area is 193 Å². The maximum atomic E-state index is 12.6. The number of morpholine rings is 1. The van der Waals surface area contributed by atoms with Gasteiger partial charge in [-0.2, -0.15) is 5.10 Å². The Kier molecular flexibility index (Phi) is 7.12. The number of aromatic nitrogens is 3. The lowest BCUT2D eigenvalue weighted by atomic mass is 10.2. The SMILES string of the molecule is O=C(/C=C/c1cccc(OC(F)(F)F)c1)N1CCOC(COc2ccc(-n3cncn3)cc2)C1. The van der Waals surface area contributed by atoms with Crippen molar-refractivity contribution in [3.8, 4) is 17.2 Å². The number of nitrogens with zero attached hydrogens (tertiary/aromatic N) is 4. The van der Waals surface area contributed by atoms with Crippen LogP contribution in [0.5, 0.6) is 11.5 Å². The van der Waals surface area contributed by atoms with Gasteiger partial charge in [-0.1, -0.05) is 12.1 Å². The summed E-state index contributed by atoms with van der Waals surface area (Å²) in [4.78, 5) is 18.1. The van der Waals surface area contributed by atoms with E-state index in [1.54, 1.807) is 22.0 Å². The summed E-state index contributed by atoms with van der Waals surface area (Å²) < 4.78 is 54.2. The summed E-state index contributed by atoms with van der Waals surface area (Å²) in [6, 6.07) is 12.7. The van der Waals surface area contributed by atoms with Gasteiger partial charge in [0.15, 0.2) is 0 Å². The zero-order valence-corrected chi connectivity index (χ0v) is 17.9. The number of alkyl halides is 3. The first kappa shape index (κ1) is 23.3. The molecule has 1 aliphatic heterocycles. The fourth-order valence-corrected chi connectivity index (χ4v) is 3.33. The molecule has 34 heavy (non-hydrogen) atoms. The third-order valence-electron chi connectivity index (χ3n) is 4.92. The van der Waals surface area contributed by atoms with Crippen molar-refractivity contribution in [2.45, 2.75) is 12.5 Å². The van der Waals surface area contributed by atoms with Crippen LogP contribution in [-0.2, 0) is 9.53 Å². The molecule has 2 aromatic carbocycles. The summed E-state index contributed by atoms with van der Waals surface area (Å²) in [5.41, 5.74) is 1.26. The number of hydrogen-bond acceptors (Lipinski definition) is 6. The minimum atomic E-state index is -4.78. The van der Waals surface area contributed by atoms with Crippen LogP contribution in [0.1, 0.15) is 5.56 Å². The highest BCUT2D eigenvalue weighted by Gasteiger charge is 2.31. The van der Waals surface area contributed by atoms with Gasteiger partial charge in [0.2, 0.25) is 5.91 Å². The fourth-order valence-electron chi connectivity index (χ4n) is 3.33. The monoisotopic (exact) mass is 474 g/mol. The van der Waals surface area contributed by atoms with E-state index >= 15 is 0 Å². The van der Waals surface area contributed by atoms with Crippen LogP contribution in [-0.4, -0.2) is 64.3 Å². The molecule has 1 saturated heterocycles. The Morgan fingerprint density at radius 3 is 2.74 bits per heavy atom. The lowest BCUT2D eigenvalue weighted by Gasteiger charge is -2.32. The highest BCUT2D eigenvalue weighted by molar-refractivity contribution is 5.91. The van der Waals surface area contributed by atoms with Crippen molar-refractivity contribution in [2.24, 2.45) is 0 Å². The molecule has 11 heteroatoms. The molecule has 3 aromatic rings. The smallest absolute Gasteiger partial charge is 0.491 e. The molecule has 4 rings (SSSR count). The number of carbonyl (C=O) groups excluding carboxylic acids is 1. The van der Waals surface area contributed by atoms with Crippen LogP contribution in [0.15, 0.2) is 67.3 Å². The van der Waals surface area contributed by atoms with Gasteiger partial charge in [-0.25, -0.2) is 9.67 Å². The number of halogens is 3. The molecule has 0 aliphatic carbocycles. The number of hydrogen-bond donors (Lipinski definition) is 0. The molecular weight excluding hydrogens is 453 g/mol. The third kappa shape index (κ3) is 6.58. The van der Waals surface area contributed by atoms with Crippen molar-refractivity contribution in [1.82, 2.24) is 19.7 Å². The van der Waals surface area contributed by atoms with E-state index in [0.717, 1.165) is 5.69 Å². The molecule has 0 saturated carbocycles. The van der Waals surface area contributed by atoms with Crippen LogP contribution >= 0.6 is 0 Å². The van der Waals surface area contributed by atoms with Crippen LogP contribution in [0.3, 0.4) is 0 Å². The second-order valence-corrected chi connectivity index (χ2v) is 7.38. The minimum absolute atomic E-state index is 0.257. The largest absolute Gasteiger partial charge is 0.573 e. The van der Waals surface area contributed by atoms with E-state index in [9.17, 15) is 18.0 Å². The van der Waals surface area contributed by atoms with Gasteiger partial charge in [0, 0.05) is 12.6 Å². The van der Waals surface area contributed by atoms with E-state index in [2.05, 4.69) is 14.8 Å². The minimum Gasteiger partial charge on any atom is -0.491 e. The molecule has 2 heterocycles. The summed E-state index contributed by atoms with van der Waals surface area (Å²) in [6.07, 6.45) is 0.722. The first-order chi connectivity index (χ1) is 16.4. The zero-order valence-electron chi connectivity index (χ0n) is 17.9. The maximum Gasteiger partial charge on any atom is 0.573 e. The van der Waals surface area contributed by atoms with E-state index < -0.39 is 6.36 Å². The molecule has 0 radical (unpaired) electrons. The molecule has 1 amide bonds. The van der Waals surface area contributed by atoms with Crippen molar-refractivity contribution in [3.63, 3.8) is 0 Å². The van der Waals surface area contributed by atoms with Gasteiger partial charge in [-0.15, -0.1) is 13.2 Å². The second-order valence-electron chi connectivity index (χ2n) is 7.38. The average molecular weight is 474 g/mol. The normalized spacial score (nSPS) is 16.6. The Morgan fingerprint density at radius 1 is 1.18 bits per heavy atom. The van der Waals surface area contributed by atoms with Gasteiger partial charge in [0.05, 0.1) is 18.8 Å². The summed E-state index contributed by atoms with van der Waals surface area (Å²) in [7, 11) is 0. The Hall–Kier alpha value is -3.86. The molecule has 8 nitrogen and oxygen atoms in total. The van der Waals surface area contributed by atoms with E-state index in [-0.39, 0.29) is 24.4 Å². The van der Waals surface area contributed by atoms with Gasteiger partial charge >= 0.3 is 6.36 Å². The molecular formula is C23H21F3N4O4. The van der Waals surface area contributed by atoms with Crippen LogP contribution in [0.25, 0.3) is 11.8 Å². The molecule has 1 aliphatic rings. The van der Waals surface area contributed by atoms with Crippen LogP contribution in [0.2, 0.25) is 0 Å². The summed E-state index contributed by atoms with van der Waals surface area (Å²) in [5.74, 6) is 0.0319. The molecule has 1 unspecified atom stereocenters. The predicted molar refractivity (Wildman–Crippen MR) is 115 cm³/mol. The highest BCUT2D eigenvalue weighted by atomic mass is 19.4. The number of amides is 1. The third-order valence-corrected chi connectivity index (χ3v) is 4.92. The number of benzene rings is 2. The molecule has 0 spiro atoms. The number of ether oxygens (including phenoxy) is 3. The zero-order chi connectivity index (χ0) is 24.0. The average Bonchev–Trinajstić information content (AvgIpc) is 3.36. The standard InChI is InChI=1S/C23H21F3N4O4/c24-23(25,26)34-20-3-1-2-17(12-20)4-9-22(31)29-10-11-32-21(13-29)14-33-19-7-5-18(6-8-19)30-16-27-15-28-30/h1-9,12,15-16,21H,10-11,13-14H2/b9-4+. The van der Waals surface area contributed by atoms with E-state index in [1.165, 1.54) is 36.7 Å².